The number of hydrogen-bond acceptors (Lipinski definition) is 1. The summed E-state index contributed by atoms with van der Waals surface area (Å²) in [5.74, 6) is -0.00332. The molecule has 3 rings (SSSR count). The number of carbonyl (C=O) groups excluding carboxylic acids is 1. The van der Waals surface area contributed by atoms with E-state index in [-0.39, 0.29) is 5.91 Å². The van der Waals surface area contributed by atoms with E-state index in [2.05, 4.69) is 29.6 Å². The summed E-state index contributed by atoms with van der Waals surface area (Å²) in [6, 6.07) is 27.8. The van der Waals surface area contributed by atoms with Gasteiger partial charge in [0.05, 0.1) is 6.42 Å². The Labute approximate surface area is 130 Å². The summed E-state index contributed by atoms with van der Waals surface area (Å²) in [6.45, 7) is 0. The van der Waals surface area contributed by atoms with E-state index in [0.717, 1.165) is 22.4 Å². The van der Waals surface area contributed by atoms with Crippen LogP contribution >= 0.6 is 0 Å². The van der Waals surface area contributed by atoms with Crippen molar-refractivity contribution < 1.29 is 4.79 Å². The summed E-state index contributed by atoms with van der Waals surface area (Å²) in [5, 5.41) is 2.91. The van der Waals surface area contributed by atoms with Crippen LogP contribution in [0.15, 0.2) is 84.9 Å². The van der Waals surface area contributed by atoms with Crippen LogP contribution in [0.3, 0.4) is 0 Å². The maximum atomic E-state index is 12.1. The minimum Gasteiger partial charge on any atom is -0.326 e. The van der Waals surface area contributed by atoms with E-state index in [1.54, 1.807) is 0 Å². The number of benzene rings is 3. The van der Waals surface area contributed by atoms with Gasteiger partial charge in [-0.1, -0.05) is 72.8 Å². The average molecular weight is 287 g/mol. The molecule has 22 heavy (non-hydrogen) atoms. The zero-order valence-electron chi connectivity index (χ0n) is 12.2. The highest BCUT2D eigenvalue weighted by molar-refractivity contribution is 5.92. The third-order valence-electron chi connectivity index (χ3n) is 3.46. The predicted octanol–water partition coefficient (Wildman–Crippen LogP) is 4.53. The molecule has 0 saturated heterocycles. The molecular weight excluding hydrogens is 270 g/mol. The van der Waals surface area contributed by atoms with Gasteiger partial charge in [-0.15, -0.1) is 0 Å². The van der Waals surface area contributed by atoms with Crippen LogP contribution in [0.25, 0.3) is 11.1 Å². The molecular formula is C20H17NO. The largest absolute Gasteiger partial charge is 0.326 e. The topological polar surface area (TPSA) is 29.1 Å². The van der Waals surface area contributed by atoms with Gasteiger partial charge in [0, 0.05) is 5.69 Å². The van der Waals surface area contributed by atoms with Crippen LogP contribution in [-0.2, 0) is 11.2 Å². The predicted molar refractivity (Wildman–Crippen MR) is 90.7 cm³/mol. The molecule has 2 nitrogen and oxygen atoms in total. The second-order valence-corrected chi connectivity index (χ2v) is 5.16. The molecule has 0 atom stereocenters. The molecule has 0 radical (unpaired) electrons. The van der Waals surface area contributed by atoms with Gasteiger partial charge in [-0.05, 0) is 28.8 Å². The summed E-state index contributed by atoms with van der Waals surface area (Å²) in [7, 11) is 0. The van der Waals surface area contributed by atoms with Crippen LogP contribution in [0.5, 0.6) is 0 Å². The van der Waals surface area contributed by atoms with Crippen molar-refractivity contribution in [1.82, 2.24) is 0 Å². The lowest BCUT2D eigenvalue weighted by Crippen LogP contribution is -2.14. The van der Waals surface area contributed by atoms with E-state index in [9.17, 15) is 4.79 Å². The maximum absolute atomic E-state index is 12.1. The molecule has 3 aromatic rings. The highest BCUT2D eigenvalue weighted by atomic mass is 16.1. The van der Waals surface area contributed by atoms with Gasteiger partial charge in [0.1, 0.15) is 0 Å². The van der Waals surface area contributed by atoms with E-state index < -0.39 is 0 Å². The maximum Gasteiger partial charge on any atom is 0.228 e. The lowest BCUT2D eigenvalue weighted by molar-refractivity contribution is -0.115. The normalized spacial score (nSPS) is 10.2. The second-order valence-electron chi connectivity index (χ2n) is 5.16. The summed E-state index contributed by atoms with van der Waals surface area (Å²) >= 11 is 0. The molecule has 0 heterocycles. The van der Waals surface area contributed by atoms with Gasteiger partial charge in [0.15, 0.2) is 0 Å². The number of rotatable bonds is 4. The summed E-state index contributed by atoms with van der Waals surface area (Å²) in [5.41, 5.74) is 4.12. The molecule has 0 saturated carbocycles. The molecule has 108 valence electrons. The van der Waals surface area contributed by atoms with E-state index in [1.807, 2.05) is 60.7 Å². The Balaban J connectivity index is 1.72. The van der Waals surface area contributed by atoms with Gasteiger partial charge in [0.25, 0.3) is 0 Å². The fourth-order valence-corrected chi connectivity index (χ4v) is 2.40. The first-order valence-corrected chi connectivity index (χ1v) is 7.30. The standard InChI is InChI=1S/C20H17NO/c22-20(21-19-12-5-2-6-13-19)15-16-8-7-11-18(14-16)17-9-3-1-4-10-17/h1-14H,15H2,(H,21,22). The second kappa shape index (κ2) is 6.72. The molecule has 0 fully saturated rings. The zero-order chi connectivity index (χ0) is 15.2. The molecule has 1 N–H and O–H groups in total. The summed E-state index contributed by atoms with van der Waals surface area (Å²) < 4.78 is 0. The molecule has 0 aliphatic rings. The van der Waals surface area contributed by atoms with E-state index in [0.29, 0.717) is 6.42 Å². The lowest BCUT2D eigenvalue weighted by atomic mass is 10.0. The van der Waals surface area contributed by atoms with Crippen molar-refractivity contribution >= 4 is 11.6 Å². The van der Waals surface area contributed by atoms with Crippen molar-refractivity contribution in [1.29, 1.82) is 0 Å². The average Bonchev–Trinajstić information content (AvgIpc) is 2.57. The molecule has 2 heteroatoms. The molecule has 0 aliphatic heterocycles. The van der Waals surface area contributed by atoms with E-state index in [4.69, 9.17) is 0 Å². The van der Waals surface area contributed by atoms with Gasteiger partial charge in [-0.2, -0.15) is 0 Å². The number of nitrogens with one attached hydrogen (secondary N) is 1. The Morgan fingerprint density at radius 1 is 0.727 bits per heavy atom. The number of para-hydroxylation sites is 1. The Morgan fingerprint density at radius 3 is 2.09 bits per heavy atom. The van der Waals surface area contributed by atoms with Crippen molar-refractivity contribution in [2.75, 3.05) is 5.32 Å². The van der Waals surface area contributed by atoms with E-state index in [1.165, 1.54) is 0 Å². The minimum absolute atomic E-state index is 0.00332. The summed E-state index contributed by atoms with van der Waals surface area (Å²) in [6.07, 6.45) is 0.371. The first kappa shape index (κ1) is 14.1. The monoisotopic (exact) mass is 287 g/mol. The van der Waals surface area contributed by atoms with Crippen molar-refractivity contribution in [2.24, 2.45) is 0 Å². The van der Waals surface area contributed by atoms with Gasteiger partial charge < -0.3 is 5.32 Å². The minimum atomic E-state index is -0.00332. The van der Waals surface area contributed by atoms with Crippen molar-refractivity contribution in [3.05, 3.63) is 90.5 Å². The highest BCUT2D eigenvalue weighted by Crippen LogP contribution is 2.20. The number of anilines is 1. The van der Waals surface area contributed by atoms with E-state index >= 15 is 0 Å². The smallest absolute Gasteiger partial charge is 0.228 e. The van der Waals surface area contributed by atoms with Crippen LogP contribution in [0.1, 0.15) is 5.56 Å². The molecule has 0 aromatic heterocycles. The molecule has 0 unspecified atom stereocenters. The van der Waals surface area contributed by atoms with Crippen LogP contribution in [0.2, 0.25) is 0 Å². The molecule has 0 aliphatic carbocycles. The summed E-state index contributed by atoms with van der Waals surface area (Å²) in [4.78, 5) is 12.1. The fraction of sp³-hybridized carbons (Fsp3) is 0.0500. The molecule has 0 spiro atoms. The van der Waals surface area contributed by atoms with Crippen LogP contribution in [-0.4, -0.2) is 5.91 Å². The van der Waals surface area contributed by atoms with Gasteiger partial charge in [0.2, 0.25) is 5.91 Å². The quantitative estimate of drug-likeness (QED) is 0.750. The van der Waals surface area contributed by atoms with Crippen LogP contribution in [0, 0.1) is 0 Å². The van der Waals surface area contributed by atoms with Crippen LogP contribution < -0.4 is 5.32 Å². The van der Waals surface area contributed by atoms with Crippen molar-refractivity contribution in [3.8, 4) is 11.1 Å². The third kappa shape index (κ3) is 3.61. The van der Waals surface area contributed by atoms with Crippen LogP contribution in [0.4, 0.5) is 5.69 Å². The third-order valence-corrected chi connectivity index (χ3v) is 3.46. The lowest BCUT2D eigenvalue weighted by Gasteiger charge is -2.07. The Morgan fingerprint density at radius 2 is 1.36 bits per heavy atom. The number of carbonyl (C=O) groups is 1. The van der Waals surface area contributed by atoms with Gasteiger partial charge in [-0.25, -0.2) is 0 Å². The number of hydrogen-bond donors (Lipinski definition) is 1. The van der Waals surface area contributed by atoms with Gasteiger partial charge in [-0.3, -0.25) is 4.79 Å². The number of amides is 1. The first-order valence-electron chi connectivity index (χ1n) is 7.30. The van der Waals surface area contributed by atoms with Crippen molar-refractivity contribution in [2.45, 2.75) is 6.42 Å². The molecule has 3 aromatic carbocycles. The fourth-order valence-electron chi connectivity index (χ4n) is 2.40. The van der Waals surface area contributed by atoms with Gasteiger partial charge >= 0.3 is 0 Å². The Bertz CT molecular complexity index is 751. The van der Waals surface area contributed by atoms with Crippen molar-refractivity contribution in [3.63, 3.8) is 0 Å². The SMILES string of the molecule is O=C(Cc1cccc(-c2ccccc2)c1)Nc1ccccc1. The highest BCUT2D eigenvalue weighted by Gasteiger charge is 2.05. The molecule has 0 bridgehead atoms. The first-order chi connectivity index (χ1) is 10.8. The Kier molecular flexibility index (Phi) is 4.30. The zero-order valence-corrected chi connectivity index (χ0v) is 12.2. The Hall–Kier alpha value is -2.87. The molecule has 1 amide bonds.